The number of aromatic nitrogens is 1. The van der Waals surface area contributed by atoms with Crippen LogP contribution in [0.2, 0.25) is 0 Å². The van der Waals surface area contributed by atoms with Crippen LogP contribution in [0.5, 0.6) is 0 Å². The van der Waals surface area contributed by atoms with E-state index >= 15 is 0 Å². The van der Waals surface area contributed by atoms with E-state index in [9.17, 15) is 9.59 Å². The number of carbonyl (C=O) groups is 2. The highest BCUT2D eigenvalue weighted by Crippen LogP contribution is 2.12. The fourth-order valence-corrected chi connectivity index (χ4v) is 1.23. The van der Waals surface area contributed by atoms with Crippen LogP contribution in [-0.4, -0.2) is 16.6 Å². The van der Waals surface area contributed by atoms with Crippen molar-refractivity contribution < 1.29 is 9.59 Å². The van der Waals surface area contributed by atoms with Crippen LogP contribution in [0.25, 0.3) is 0 Å². The van der Waals surface area contributed by atoms with E-state index in [2.05, 4.69) is 4.98 Å². The molecule has 0 N–H and O–H groups in total. The van der Waals surface area contributed by atoms with Crippen LogP contribution in [0.4, 0.5) is 0 Å². The molecule has 13 heavy (non-hydrogen) atoms. The molecule has 3 heteroatoms. The van der Waals surface area contributed by atoms with Gasteiger partial charge in [0.25, 0.3) is 0 Å². The molecule has 1 aromatic heterocycles. The number of hydrogen-bond acceptors (Lipinski definition) is 3. The topological polar surface area (TPSA) is 47.0 Å². The first-order chi connectivity index (χ1) is 6.04. The van der Waals surface area contributed by atoms with Crippen molar-refractivity contribution in [3.8, 4) is 0 Å². The lowest BCUT2D eigenvalue weighted by Crippen LogP contribution is -2.04. The third-order valence-electron chi connectivity index (χ3n) is 1.97. The molecule has 3 nitrogen and oxygen atoms in total. The van der Waals surface area contributed by atoms with Crippen LogP contribution >= 0.6 is 0 Å². The Labute approximate surface area is 76.8 Å². The summed E-state index contributed by atoms with van der Waals surface area (Å²) in [6, 6.07) is 0. The van der Waals surface area contributed by atoms with E-state index in [1.807, 2.05) is 0 Å². The SMILES string of the molecule is CC(=O)c1cncc(C(C)=O)c1C. The molecular formula is C10H11NO2. The first-order valence-corrected chi connectivity index (χ1v) is 4.00. The summed E-state index contributed by atoms with van der Waals surface area (Å²) in [5, 5.41) is 0. The molecule has 1 aromatic rings. The lowest BCUT2D eigenvalue weighted by Gasteiger charge is -2.04. The van der Waals surface area contributed by atoms with E-state index in [1.165, 1.54) is 26.2 Å². The third kappa shape index (κ3) is 1.80. The van der Waals surface area contributed by atoms with Crippen LogP contribution in [0.1, 0.15) is 40.1 Å². The monoisotopic (exact) mass is 177 g/mol. The molecule has 0 radical (unpaired) electrons. The van der Waals surface area contributed by atoms with Crippen molar-refractivity contribution in [2.45, 2.75) is 20.8 Å². The number of Topliss-reactive ketones (excluding diaryl/α,β-unsaturated/α-hetero) is 2. The number of pyridine rings is 1. The molecule has 0 spiro atoms. The molecule has 68 valence electrons. The summed E-state index contributed by atoms with van der Waals surface area (Å²) in [5.74, 6) is -0.124. The second kappa shape index (κ2) is 3.47. The predicted molar refractivity (Wildman–Crippen MR) is 49.0 cm³/mol. The summed E-state index contributed by atoms with van der Waals surface area (Å²) in [5.41, 5.74) is 1.76. The Morgan fingerprint density at radius 1 is 1.08 bits per heavy atom. The Morgan fingerprint density at radius 3 is 1.77 bits per heavy atom. The third-order valence-corrected chi connectivity index (χ3v) is 1.97. The molecule has 0 atom stereocenters. The number of nitrogens with zero attached hydrogens (tertiary/aromatic N) is 1. The lowest BCUT2D eigenvalue weighted by molar-refractivity contribution is 0.101. The van der Waals surface area contributed by atoms with Gasteiger partial charge in [-0.15, -0.1) is 0 Å². The van der Waals surface area contributed by atoms with Crippen molar-refractivity contribution in [2.24, 2.45) is 0 Å². The number of hydrogen-bond donors (Lipinski definition) is 0. The molecule has 0 saturated carbocycles. The molecule has 0 aromatic carbocycles. The summed E-state index contributed by atoms with van der Waals surface area (Å²) < 4.78 is 0. The van der Waals surface area contributed by atoms with Crippen LogP contribution in [0, 0.1) is 6.92 Å². The van der Waals surface area contributed by atoms with Gasteiger partial charge in [-0.25, -0.2) is 0 Å². The predicted octanol–water partition coefficient (Wildman–Crippen LogP) is 1.80. The van der Waals surface area contributed by atoms with Crippen molar-refractivity contribution in [3.05, 3.63) is 29.1 Å². The van der Waals surface area contributed by atoms with Gasteiger partial charge in [-0.05, 0) is 26.3 Å². The number of carbonyl (C=O) groups excluding carboxylic acids is 2. The Kier molecular flexibility index (Phi) is 2.56. The molecule has 0 fully saturated rings. The highest BCUT2D eigenvalue weighted by atomic mass is 16.1. The zero-order valence-electron chi connectivity index (χ0n) is 7.92. The van der Waals surface area contributed by atoms with Crippen molar-refractivity contribution in [2.75, 3.05) is 0 Å². The minimum absolute atomic E-state index is 0.0619. The van der Waals surface area contributed by atoms with Crippen molar-refractivity contribution >= 4 is 11.6 Å². The Hall–Kier alpha value is -1.51. The standard InChI is InChI=1S/C10H11NO2/c1-6-9(7(2)12)4-11-5-10(6)8(3)13/h4-5H,1-3H3. The van der Waals surface area contributed by atoms with Gasteiger partial charge in [-0.1, -0.05) is 0 Å². The molecule has 1 rings (SSSR count). The zero-order chi connectivity index (χ0) is 10.0. The maximum atomic E-state index is 11.1. The van der Waals surface area contributed by atoms with Crippen molar-refractivity contribution in [1.82, 2.24) is 4.98 Å². The van der Waals surface area contributed by atoms with Gasteiger partial charge in [0.05, 0.1) is 0 Å². The molecule has 1 heterocycles. The Balaban J connectivity index is 3.35. The largest absolute Gasteiger partial charge is 0.294 e. The minimum Gasteiger partial charge on any atom is -0.294 e. The maximum absolute atomic E-state index is 11.1. The number of ketones is 2. The lowest BCUT2D eigenvalue weighted by atomic mass is 10.0. The van der Waals surface area contributed by atoms with Gasteiger partial charge < -0.3 is 0 Å². The van der Waals surface area contributed by atoms with E-state index in [0.29, 0.717) is 11.1 Å². The molecular weight excluding hydrogens is 166 g/mol. The van der Waals surface area contributed by atoms with Gasteiger partial charge in [0.15, 0.2) is 11.6 Å². The van der Waals surface area contributed by atoms with E-state index < -0.39 is 0 Å². The van der Waals surface area contributed by atoms with Crippen molar-refractivity contribution in [3.63, 3.8) is 0 Å². The minimum atomic E-state index is -0.0619. The number of rotatable bonds is 2. The normalized spacial score (nSPS) is 9.77. The molecule has 0 aliphatic rings. The van der Waals surface area contributed by atoms with Gasteiger partial charge in [0.1, 0.15) is 0 Å². The van der Waals surface area contributed by atoms with E-state index in [0.717, 1.165) is 5.56 Å². The van der Waals surface area contributed by atoms with E-state index in [-0.39, 0.29) is 11.6 Å². The summed E-state index contributed by atoms with van der Waals surface area (Å²) >= 11 is 0. The molecule has 0 aliphatic carbocycles. The highest BCUT2D eigenvalue weighted by molar-refractivity contribution is 6.01. The molecule has 0 aliphatic heterocycles. The van der Waals surface area contributed by atoms with Gasteiger partial charge in [0, 0.05) is 23.5 Å². The molecule has 0 saturated heterocycles. The smallest absolute Gasteiger partial charge is 0.161 e. The average Bonchev–Trinajstić information content (AvgIpc) is 2.03. The summed E-state index contributed by atoms with van der Waals surface area (Å²) in [4.78, 5) is 26.0. The van der Waals surface area contributed by atoms with Crippen LogP contribution in [0.15, 0.2) is 12.4 Å². The van der Waals surface area contributed by atoms with E-state index in [1.54, 1.807) is 6.92 Å². The first-order valence-electron chi connectivity index (χ1n) is 4.00. The van der Waals surface area contributed by atoms with Crippen LogP contribution in [-0.2, 0) is 0 Å². The van der Waals surface area contributed by atoms with Crippen LogP contribution < -0.4 is 0 Å². The van der Waals surface area contributed by atoms with Crippen molar-refractivity contribution in [1.29, 1.82) is 0 Å². The first kappa shape index (κ1) is 9.58. The Morgan fingerprint density at radius 2 is 1.46 bits per heavy atom. The van der Waals surface area contributed by atoms with Gasteiger partial charge in [-0.3, -0.25) is 14.6 Å². The van der Waals surface area contributed by atoms with Gasteiger partial charge in [-0.2, -0.15) is 0 Å². The molecule has 0 unspecified atom stereocenters. The fourth-order valence-electron chi connectivity index (χ4n) is 1.23. The zero-order valence-corrected chi connectivity index (χ0v) is 7.92. The quantitative estimate of drug-likeness (QED) is 0.647. The summed E-state index contributed by atoms with van der Waals surface area (Å²) in [7, 11) is 0. The molecule has 0 bridgehead atoms. The highest BCUT2D eigenvalue weighted by Gasteiger charge is 2.10. The maximum Gasteiger partial charge on any atom is 0.161 e. The summed E-state index contributed by atoms with van der Waals surface area (Å²) in [6.07, 6.45) is 2.98. The van der Waals surface area contributed by atoms with Gasteiger partial charge in [0.2, 0.25) is 0 Å². The van der Waals surface area contributed by atoms with E-state index in [4.69, 9.17) is 0 Å². The second-order valence-electron chi connectivity index (χ2n) is 2.97. The van der Waals surface area contributed by atoms with Gasteiger partial charge >= 0.3 is 0 Å². The summed E-state index contributed by atoms with van der Waals surface area (Å²) in [6.45, 7) is 4.69. The van der Waals surface area contributed by atoms with Crippen LogP contribution in [0.3, 0.4) is 0 Å². The Bertz CT molecular complexity index is 337. The second-order valence-corrected chi connectivity index (χ2v) is 2.97. The average molecular weight is 177 g/mol. The fraction of sp³-hybridized carbons (Fsp3) is 0.300. The molecule has 0 amide bonds.